The van der Waals surface area contributed by atoms with E-state index < -0.39 is 0 Å². The van der Waals surface area contributed by atoms with Crippen molar-refractivity contribution in [2.45, 2.75) is 6.42 Å². The number of rotatable bonds is 4. The minimum absolute atomic E-state index is 0.0104. The molecule has 0 N–H and O–H groups in total. The molecule has 2 aliphatic rings. The Morgan fingerprint density at radius 3 is 2.04 bits per heavy atom. The van der Waals surface area contributed by atoms with Gasteiger partial charge in [-0.2, -0.15) is 0 Å². The Balaban J connectivity index is 2.11. The van der Waals surface area contributed by atoms with E-state index in [2.05, 4.69) is 0 Å². The molecule has 0 bridgehead atoms. The van der Waals surface area contributed by atoms with Crippen LogP contribution in [0.4, 0.5) is 0 Å². The summed E-state index contributed by atoms with van der Waals surface area (Å²) in [7, 11) is 0. The highest BCUT2D eigenvalue weighted by atomic mass is 16.1. The summed E-state index contributed by atoms with van der Waals surface area (Å²) >= 11 is 0. The molecule has 0 amide bonds. The van der Waals surface area contributed by atoms with Gasteiger partial charge in [-0.15, -0.1) is 0 Å². The van der Waals surface area contributed by atoms with Crippen LogP contribution in [0.2, 0.25) is 0 Å². The average Bonchev–Trinajstić information content (AvgIpc) is 2.62. The Morgan fingerprint density at radius 1 is 0.792 bits per heavy atom. The number of carbonyl (C=O) groups is 4. The first kappa shape index (κ1) is 15.7. The summed E-state index contributed by atoms with van der Waals surface area (Å²) in [5, 5.41) is 0. The number of benzene rings is 1. The van der Waals surface area contributed by atoms with Crippen LogP contribution in [0.5, 0.6) is 0 Å². The molecule has 0 saturated heterocycles. The molecule has 0 fully saturated rings. The van der Waals surface area contributed by atoms with Gasteiger partial charge in [0.2, 0.25) is 0 Å². The van der Waals surface area contributed by atoms with Gasteiger partial charge in [0.15, 0.2) is 12.6 Å². The van der Waals surface area contributed by atoms with Gasteiger partial charge in [0.1, 0.15) is 12.6 Å². The zero-order valence-electron chi connectivity index (χ0n) is 12.8. The van der Waals surface area contributed by atoms with Gasteiger partial charge in [-0.25, -0.2) is 0 Å². The van der Waals surface area contributed by atoms with Crippen LogP contribution >= 0.6 is 0 Å². The second-order valence-electron chi connectivity index (χ2n) is 5.71. The van der Waals surface area contributed by atoms with Crippen LogP contribution in [0, 0.1) is 5.92 Å². The summed E-state index contributed by atoms with van der Waals surface area (Å²) in [4.78, 5) is 44.5. The molecule has 0 radical (unpaired) electrons. The van der Waals surface area contributed by atoms with Crippen LogP contribution in [-0.4, -0.2) is 25.1 Å². The van der Waals surface area contributed by atoms with Crippen molar-refractivity contribution < 1.29 is 19.2 Å². The maximum Gasteiger partial charge on any atom is 0.150 e. The van der Waals surface area contributed by atoms with Crippen LogP contribution in [0.3, 0.4) is 0 Å². The molecule has 0 saturated carbocycles. The Bertz CT molecular complexity index is 866. The largest absolute Gasteiger partial charge is 0.298 e. The molecule has 0 spiro atoms. The maximum absolute atomic E-state index is 11.1. The van der Waals surface area contributed by atoms with Crippen molar-refractivity contribution in [1.82, 2.24) is 0 Å². The number of allylic oxidation sites excluding steroid dienone is 6. The zero-order chi connectivity index (χ0) is 17.1. The maximum atomic E-state index is 11.1. The molecule has 0 heterocycles. The molecule has 3 rings (SSSR count). The molecule has 118 valence electrons. The van der Waals surface area contributed by atoms with Gasteiger partial charge in [-0.05, 0) is 41.3 Å². The van der Waals surface area contributed by atoms with E-state index in [0.717, 1.165) is 23.0 Å². The van der Waals surface area contributed by atoms with E-state index in [0.29, 0.717) is 47.6 Å². The summed E-state index contributed by atoms with van der Waals surface area (Å²) in [6, 6.07) is 3.35. The topological polar surface area (TPSA) is 68.3 Å². The molecule has 2 aliphatic carbocycles. The quantitative estimate of drug-likeness (QED) is 0.800. The molecule has 4 nitrogen and oxygen atoms in total. The third-order valence-corrected chi connectivity index (χ3v) is 4.34. The van der Waals surface area contributed by atoms with Crippen LogP contribution < -0.4 is 0 Å². The summed E-state index contributed by atoms with van der Waals surface area (Å²) in [6.07, 6.45) is 12.5. The van der Waals surface area contributed by atoms with Gasteiger partial charge in [0.25, 0.3) is 0 Å². The first-order valence-electron chi connectivity index (χ1n) is 7.50. The highest BCUT2D eigenvalue weighted by Gasteiger charge is 2.21. The van der Waals surface area contributed by atoms with E-state index in [-0.39, 0.29) is 5.92 Å². The van der Waals surface area contributed by atoms with Crippen LogP contribution in [0.25, 0.3) is 12.2 Å². The van der Waals surface area contributed by atoms with Crippen LogP contribution in [0.1, 0.15) is 38.3 Å². The molecule has 0 unspecified atom stereocenters. The van der Waals surface area contributed by atoms with Crippen LogP contribution in [-0.2, 0) is 9.59 Å². The fraction of sp³-hybridized carbons (Fsp3) is 0.100. The minimum atomic E-state index is -0.0104. The average molecular weight is 318 g/mol. The van der Waals surface area contributed by atoms with Gasteiger partial charge in [-0.1, -0.05) is 24.3 Å². The molecule has 0 aliphatic heterocycles. The second kappa shape index (κ2) is 6.54. The summed E-state index contributed by atoms with van der Waals surface area (Å²) in [6.45, 7) is 0. The lowest BCUT2D eigenvalue weighted by Gasteiger charge is -2.22. The van der Waals surface area contributed by atoms with Crippen molar-refractivity contribution in [2.75, 3.05) is 0 Å². The van der Waals surface area contributed by atoms with E-state index in [1.807, 2.05) is 24.3 Å². The number of aldehydes is 4. The summed E-state index contributed by atoms with van der Waals surface area (Å²) in [5.74, 6) is -0.0104. The zero-order valence-corrected chi connectivity index (χ0v) is 12.8. The van der Waals surface area contributed by atoms with Crippen molar-refractivity contribution >= 4 is 37.3 Å². The first-order valence-corrected chi connectivity index (χ1v) is 7.50. The van der Waals surface area contributed by atoms with Crippen molar-refractivity contribution in [3.63, 3.8) is 0 Å². The molecule has 1 aromatic rings. The molecular formula is C20H14O4. The summed E-state index contributed by atoms with van der Waals surface area (Å²) in [5.41, 5.74) is 4.15. The third kappa shape index (κ3) is 2.74. The minimum Gasteiger partial charge on any atom is -0.298 e. The molecule has 4 heteroatoms. The van der Waals surface area contributed by atoms with Crippen molar-refractivity contribution in [3.05, 3.63) is 69.3 Å². The van der Waals surface area contributed by atoms with Crippen LogP contribution in [0.15, 0.2) is 47.1 Å². The van der Waals surface area contributed by atoms with Gasteiger partial charge in [-0.3, -0.25) is 19.2 Å². The van der Waals surface area contributed by atoms with Crippen molar-refractivity contribution in [3.8, 4) is 0 Å². The van der Waals surface area contributed by atoms with Gasteiger partial charge in [0.05, 0.1) is 0 Å². The Hall–Kier alpha value is -3.14. The predicted octanol–water partition coefficient (Wildman–Crippen LogP) is 2.99. The predicted molar refractivity (Wildman–Crippen MR) is 90.6 cm³/mol. The van der Waals surface area contributed by atoms with Gasteiger partial charge >= 0.3 is 0 Å². The Morgan fingerprint density at radius 2 is 1.46 bits per heavy atom. The van der Waals surface area contributed by atoms with Gasteiger partial charge < -0.3 is 0 Å². The van der Waals surface area contributed by atoms with E-state index in [9.17, 15) is 19.2 Å². The highest BCUT2D eigenvalue weighted by Crippen LogP contribution is 2.33. The molecular weight excluding hydrogens is 304 g/mol. The molecule has 0 aromatic heterocycles. The number of hydrogen-bond acceptors (Lipinski definition) is 4. The number of hydrogen-bond donors (Lipinski definition) is 0. The number of fused-ring (bicyclic) bond motifs is 2. The number of carbonyl (C=O) groups excluding carboxylic acids is 4. The van der Waals surface area contributed by atoms with E-state index >= 15 is 0 Å². The Kier molecular flexibility index (Phi) is 4.29. The monoisotopic (exact) mass is 318 g/mol. The van der Waals surface area contributed by atoms with Crippen molar-refractivity contribution in [2.24, 2.45) is 5.92 Å². The third-order valence-electron chi connectivity index (χ3n) is 4.34. The fourth-order valence-electron chi connectivity index (χ4n) is 3.00. The van der Waals surface area contributed by atoms with E-state index in [1.54, 1.807) is 18.2 Å². The normalized spacial score (nSPS) is 21.3. The lowest BCUT2D eigenvalue weighted by atomic mass is 9.82. The Labute approximate surface area is 138 Å². The summed E-state index contributed by atoms with van der Waals surface area (Å²) < 4.78 is 0. The van der Waals surface area contributed by atoms with Gasteiger partial charge in [0, 0.05) is 28.2 Å². The van der Waals surface area contributed by atoms with Crippen molar-refractivity contribution in [1.29, 1.82) is 0 Å². The lowest BCUT2D eigenvalue weighted by Crippen LogP contribution is -2.11. The standard InChI is InChI=1S/C20H14O4/c21-9-17-5-13-1-2-14-6-18(10-22)20(12-24)8-16(14)4-3-15(13)7-19(17)11-23/h1-7,9-12,16H,8H2/b2-1-,4-3-/t16-/m0/s1. The molecule has 24 heavy (non-hydrogen) atoms. The van der Waals surface area contributed by atoms with E-state index in [4.69, 9.17) is 0 Å². The lowest BCUT2D eigenvalue weighted by molar-refractivity contribution is -0.107. The fourth-order valence-corrected chi connectivity index (χ4v) is 3.00. The molecule has 1 atom stereocenters. The highest BCUT2D eigenvalue weighted by molar-refractivity contribution is 5.93. The van der Waals surface area contributed by atoms with E-state index in [1.165, 1.54) is 0 Å². The second-order valence-corrected chi connectivity index (χ2v) is 5.71. The molecule has 1 aromatic carbocycles. The first-order chi connectivity index (χ1) is 11.7. The smallest absolute Gasteiger partial charge is 0.150 e. The SMILES string of the molecule is O=CC1=C(C=O)C[C@@H]2/C=C\c3cc(C=O)c(C=O)cc3/C=C\C2=C1.